The Hall–Kier alpha value is -1.59. The number of nitrogens with one attached hydrogen (secondary N) is 1. The SMILES string of the molecule is C[C@@H]1CCCN(C(=O)C(=O)N(C)CC(=O)NC(C)(C)C)C1. The van der Waals surface area contributed by atoms with Crippen LogP contribution in [0.2, 0.25) is 0 Å². The number of hydrogen-bond donors (Lipinski definition) is 1. The lowest BCUT2D eigenvalue weighted by atomic mass is 10.0. The van der Waals surface area contributed by atoms with Gasteiger partial charge in [-0.05, 0) is 39.5 Å². The van der Waals surface area contributed by atoms with Gasteiger partial charge in [0.2, 0.25) is 5.91 Å². The monoisotopic (exact) mass is 297 g/mol. The van der Waals surface area contributed by atoms with E-state index in [0.29, 0.717) is 19.0 Å². The quantitative estimate of drug-likeness (QED) is 0.760. The standard InChI is InChI=1S/C15H27N3O3/c1-11-7-6-8-18(9-11)14(21)13(20)17(5)10-12(19)16-15(2,3)4/h11H,6-10H2,1-5H3,(H,16,19)/t11-/m1/s1. The second-order valence-electron chi connectivity index (χ2n) is 6.96. The fourth-order valence-electron chi connectivity index (χ4n) is 2.42. The van der Waals surface area contributed by atoms with Crippen molar-refractivity contribution in [1.82, 2.24) is 15.1 Å². The highest BCUT2D eigenvalue weighted by molar-refractivity contribution is 6.35. The van der Waals surface area contributed by atoms with Crippen molar-refractivity contribution in [3.63, 3.8) is 0 Å². The number of nitrogens with zero attached hydrogens (tertiary/aromatic N) is 2. The number of carbonyl (C=O) groups excluding carboxylic acids is 3. The fraction of sp³-hybridized carbons (Fsp3) is 0.800. The van der Waals surface area contributed by atoms with Crippen molar-refractivity contribution in [3.05, 3.63) is 0 Å². The van der Waals surface area contributed by atoms with E-state index in [9.17, 15) is 14.4 Å². The van der Waals surface area contributed by atoms with Gasteiger partial charge >= 0.3 is 11.8 Å². The first-order valence-electron chi connectivity index (χ1n) is 7.45. The Kier molecular flexibility index (Phi) is 5.75. The van der Waals surface area contributed by atoms with E-state index in [1.165, 1.54) is 11.9 Å². The van der Waals surface area contributed by atoms with E-state index in [4.69, 9.17) is 0 Å². The Morgan fingerprint density at radius 2 is 1.90 bits per heavy atom. The van der Waals surface area contributed by atoms with Gasteiger partial charge in [-0.2, -0.15) is 0 Å². The first kappa shape index (κ1) is 17.5. The largest absolute Gasteiger partial charge is 0.350 e. The smallest absolute Gasteiger partial charge is 0.312 e. The molecule has 3 amide bonds. The molecule has 0 aromatic rings. The summed E-state index contributed by atoms with van der Waals surface area (Å²) in [6.07, 6.45) is 2.01. The summed E-state index contributed by atoms with van der Waals surface area (Å²) in [4.78, 5) is 38.8. The van der Waals surface area contributed by atoms with E-state index >= 15 is 0 Å². The maximum Gasteiger partial charge on any atom is 0.312 e. The molecule has 0 radical (unpaired) electrons. The van der Waals surface area contributed by atoms with Gasteiger partial charge < -0.3 is 15.1 Å². The van der Waals surface area contributed by atoms with Gasteiger partial charge in [0.1, 0.15) is 0 Å². The molecule has 1 rings (SSSR count). The van der Waals surface area contributed by atoms with Crippen LogP contribution in [0.3, 0.4) is 0 Å². The predicted molar refractivity (Wildman–Crippen MR) is 80.5 cm³/mol. The number of likely N-dealkylation sites (tertiary alicyclic amines) is 1. The van der Waals surface area contributed by atoms with Crippen LogP contribution in [0.4, 0.5) is 0 Å². The Morgan fingerprint density at radius 1 is 1.29 bits per heavy atom. The van der Waals surface area contributed by atoms with E-state index < -0.39 is 11.8 Å². The summed E-state index contributed by atoms with van der Waals surface area (Å²) in [5, 5.41) is 2.77. The Morgan fingerprint density at radius 3 is 2.43 bits per heavy atom. The van der Waals surface area contributed by atoms with E-state index in [0.717, 1.165) is 12.8 Å². The van der Waals surface area contributed by atoms with Gasteiger partial charge in [-0.25, -0.2) is 0 Å². The molecule has 1 saturated heterocycles. The summed E-state index contributed by atoms with van der Waals surface area (Å²) in [6, 6.07) is 0. The average molecular weight is 297 g/mol. The third-order valence-electron chi connectivity index (χ3n) is 3.37. The molecule has 0 bridgehead atoms. The highest BCUT2D eigenvalue weighted by atomic mass is 16.2. The molecule has 0 aromatic carbocycles. The molecule has 0 aromatic heterocycles. The summed E-state index contributed by atoms with van der Waals surface area (Å²) in [6.45, 7) is 8.81. The molecular weight excluding hydrogens is 270 g/mol. The Balaban J connectivity index is 2.53. The molecule has 21 heavy (non-hydrogen) atoms. The predicted octanol–water partition coefficient (Wildman–Crippen LogP) is 0.618. The summed E-state index contributed by atoms with van der Waals surface area (Å²) >= 11 is 0. The zero-order valence-corrected chi connectivity index (χ0v) is 13.7. The number of piperidine rings is 1. The molecule has 1 aliphatic rings. The molecule has 6 nitrogen and oxygen atoms in total. The molecule has 1 heterocycles. The maximum absolute atomic E-state index is 12.2. The van der Waals surface area contributed by atoms with Crippen LogP contribution in [0.1, 0.15) is 40.5 Å². The summed E-state index contributed by atoms with van der Waals surface area (Å²) in [5.74, 6) is -0.969. The van der Waals surface area contributed by atoms with Crippen LogP contribution in [0.5, 0.6) is 0 Å². The highest BCUT2D eigenvalue weighted by Crippen LogP contribution is 2.15. The van der Waals surface area contributed by atoms with Crippen molar-refractivity contribution in [2.24, 2.45) is 5.92 Å². The minimum Gasteiger partial charge on any atom is -0.350 e. The van der Waals surface area contributed by atoms with Gasteiger partial charge in [0.05, 0.1) is 6.54 Å². The minimum atomic E-state index is -0.617. The maximum atomic E-state index is 12.2. The number of likely N-dealkylation sites (N-methyl/N-ethyl adjacent to an activating group) is 1. The van der Waals surface area contributed by atoms with Crippen molar-refractivity contribution >= 4 is 17.7 Å². The molecule has 6 heteroatoms. The molecule has 0 saturated carbocycles. The molecule has 0 aliphatic carbocycles. The van der Waals surface area contributed by atoms with Crippen LogP contribution in [-0.4, -0.2) is 59.7 Å². The van der Waals surface area contributed by atoms with Crippen molar-refractivity contribution in [3.8, 4) is 0 Å². The molecule has 0 spiro atoms. The van der Waals surface area contributed by atoms with Crippen molar-refractivity contribution in [2.75, 3.05) is 26.7 Å². The first-order chi connectivity index (χ1) is 9.60. The summed E-state index contributed by atoms with van der Waals surface area (Å²) in [7, 11) is 1.48. The number of carbonyl (C=O) groups is 3. The zero-order chi connectivity index (χ0) is 16.2. The van der Waals surface area contributed by atoms with Crippen LogP contribution in [0.15, 0.2) is 0 Å². The number of rotatable bonds is 2. The van der Waals surface area contributed by atoms with Crippen LogP contribution >= 0.6 is 0 Å². The lowest BCUT2D eigenvalue weighted by molar-refractivity contribution is -0.152. The van der Waals surface area contributed by atoms with Gasteiger partial charge in [-0.1, -0.05) is 6.92 Å². The summed E-state index contributed by atoms with van der Waals surface area (Å²) < 4.78 is 0. The van der Waals surface area contributed by atoms with Crippen LogP contribution in [0, 0.1) is 5.92 Å². The highest BCUT2D eigenvalue weighted by Gasteiger charge is 2.29. The molecule has 1 fully saturated rings. The molecule has 0 unspecified atom stereocenters. The van der Waals surface area contributed by atoms with Gasteiger partial charge in [0, 0.05) is 25.7 Å². The van der Waals surface area contributed by atoms with Crippen molar-refractivity contribution < 1.29 is 14.4 Å². The van der Waals surface area contributed by atoms with Crippen LogP contribution < -0.4 is 5.32 Å². The third-order valence-corrected chi connectivity index (χ3v) is 3.37. The first-order valence-corrected chi connectivity index (χ1v) is 7.45. The molecule has 1 atom stereocenters. The fourth-order valence-corrected chi connectivity index (χ4v) is 2.42. The van der Waals surface area contributed by atoms with Gasteiger partial charge in [0.25, 0.3) is 0 Å². The summed E-state index contributed by atoms with van der Waals surface area (Å²) in [5.41, 5.74) is -0.354. The zero-order valence-electron chi connectivity index (χ0n) is 13.7. The molecule has 1 N–H and O–H groups in total. The van der Waals surface area contributed by atoms with Gasteiger partial charge in [-0.3, -0.25) is 14.4 Å². The molecular formula is C15H27N3O3. The second kappa shape index (κ2) is 6.91. The average Bonchev–Trinajstić information content (AvgIpc) is 2.34. The van der Waals surface area contributed by atoms with Gasteiger partial charge in [0.15, 0.2) is 0 Å². The molecule has 120 valence electrons. The lowest BCUT2D eigenvalue weighted by Gasteiger charge is -2.31. The van der Waals surface area contributed by atoms with Crippen molar-refractivity contribution in [2.45, 2.75) is 46.1 Å². The minimum absolute atomic E-state index is 0.106. The van der Waals surface area contributed by atoms with E-state index in [1.54, 1.807) is 4.90 Å². The number of amides is 3. The van der Waals surface area contributed by atoms with E-state index in [2.05, 4.69) is 12.2 Å². The van der Waals surface area contributed by atoms with Crippen LogP contribution in [0.25, 0.3) is 0 Å². The lowest BCUT2D eigenvalue weighted by Crippen LogP contribution is -2.51. The third kappa shape index (κ3) is 5.73. The normalized spacial score (nSPS) is 19.1. The second-order valence-corrected chi connectivity index (χ2v) is 6.96. The van der Waals surface area contributed by atoms with Crippen molar-refractivity contribution in [1.29, 1.82) is 0 Å². The Bertz CT molecular complexity index is 415. The van der Waals surface area contributed by atoms with E-state index in [1.807, 2.05) is 20.8 Å². The van der Waals surface area contributed by atoms with E-state index in [-0.39, 0.29) is 18.0 Å². The Labute approximate surface area is 126 Å². The number of hydrogen-bond acceptors (Lipinski definition) is 3. The van der Waals surface area contributed by atoms with Crippen LogP contribution in [-0.2, 0) is 14.4 Å². The molecule has 1 aliphatic heterocycles. The topological polar surface area (TPSA) is 69.7 Å². The van der Waals surface area contributed by atoms with Gasteiger partial charge in [-0.15, -0.1) is 0 Å².